The van der Waals surface area contributed by atoms with Gasteiger partial charge in [0.25, 0.3) is 23.4 Å². The number of hydrogen-bond donors (Lipinski definition) is 2. The summed E-state index contributed by atoms with van der Waals surface area (Å²) >= 11 is 0. The maximum atomic E-state index is 12.6. The van der Waals surface area contributed by atoms with E-state index in [0.29, 0.717) is 10.6 Å². The van der Waals surface area contributed by atoms with Crippen LogP contribution in [0.5, 0.6) is 5.75 Å². The van der Waals surface area contributed by atoms with E-state index in [1.165, 1.54) is 37.3 Å². The summed E-state index contributed by atoms with van der Waals surface area (Å²) in [4.78, 5) is 72.4. The number of fused-ring (bicyclic) bond motifs is 1. The minimum Gasteiger partial charge on any atom is -0.427 e. The lowest BCUT2D eigenvalue weighted by molar-refractivity contribution is -0.384. The number of nitro benzene ring substituents is 1. The highest BCUT2D eigenvalue weighted by molar-refractivity contribution is 6.23. The van der Waals surface area contributed by atoms with Crippen LogP contribution in [-0.2, 0) is 9.59 Å². The van der Waals surface area contributed by atoms with Gasteiger partial charge in [-0.3, -0.25) is 39.0 Å². The smallest absolute Gasteiger partial charge is 0.308 e. The fourth-order valence-electron chi connectivity index (χ4n) is 3.62. The molecule has 4 rings (SSSR count). The van der Waals surface area contributed by atoms with Crippen LogP contribution in [0.2, 0.25) is 0 Å². The Morgan fingerprint density at radius 2 is 1.57 bits per heavy atom. The van der Waals surface area contributed by atoms with E-state index in [1.807, 2.05) is 0 Å². The first-order chi connectivity index (χ1) is 17.6. The molecule has 0 unspecified atom stereocenters. The van der Waals surface area contributed by atoms with Crippen LogP contribution in [0.25, 0.3) is 0 Å². The van der Waals surface area contributed by atoms with Gasteiger partial charge in [-0.15, -0.1) is 0 Å². The van der Waals surface area contributed by atoms with Gasteiger partial charge in [0.2, 0.25) is 5.91 Å². The Bertz CT molecular complexity index is 1480. The number of benzene rings is 3. The summed E-state index contributed by atoms with van der Waals surface area (Å²) in [5.41, 5.74) is 0.347. The standard InChI is InChI=1S/C25H18N4O8/c1-14(30)37-19-7-2-4-15(10-19)23(32)27-17-6-3-5-16(11-17)26-22(31)13-28-24(33)20-9-8-18(29(35)36)12-21(20)25(28)34/h2-12H,13H2,1H3,(H,26,31)(H,27,32). The number of amides is 4. The molecule has 0 bridgehead atoms. The van der Waals surface area contributed by atoms with Crippen LogP contribution in [0.1, 0.15) is 38.0 Å². The number of nitrogens with one attached hydrogen (secondary N) is 2. The number of nitrogens with zero attached hydrogens (tertiary/aromatic N) is 2. The third-order valence-electron chi connectivity index (χ3n) is 5.23. The maximum absolute atomic E-state index is 12.6. The van der Waals surface area contributed by atoms with E-state index < -0.39 is 41.1 Å². The number of rotatable bonds is 7. The van der Waals surface area contributed by atoms with E-state index in [-0.39, 0.29) is 33.8 Å². The Kier molecular flexibility index (Phi) is 6.73. The first kappa shape index (κ1) is 24.7. The summed E-state index contributed by atoms with van der Waals surface area (Å²) in [5, 5.41) is 16.2. The number of anilines is 2. The molecule has 0 aromatic heterocycles. The van der Waals surface area contributed by atoms with Crippen molar-refractivity contribution < 1.29 is 33.6 Å². The van der Waals surface area contributed by atoms with Crippen LogP contribution in [0.15, 0.2) is 66.7 Å². The highest BCUT2D eigenvalue weighted by atomic mass is 16.6. The maximum Gasteiger partial charge on any atom is 0.308 e. The van der Waals surface area contributed by atoms with E-state index in [0.717, 1.165) is 12.1 Å². The highest BCUT2D eigenvalue weighted by Crippen LogP contribution is 2.27. The van der Waals surface area contributed by atoms with Gasteiger partial charge in [0, 0.05) is 36.0 Å². The van der Waals surface area contributed by atoms with E-state index in [1.54, 1.807) is 24.3 Å². The normalized spacial score (nSPS) is 12.1. The molecule has 1 aliphatic rings. The van der Waals surface area contributed by atoms with Gasteiger partial charge in [-0.2, -0.15) is 0 Å². The monoisotopic (exact) mass is 502 g/mol. The van der Waals surface area contributed by atoms with Crippen molar-refractivity contribution in [2.45, 2.75) is 6.92 Å². The summed E-state index contributed by atoms with van der Waals surface area (Å²) in [6, 6.07) is 15.5. The van der Waals surface area contributed by atoms with Crippen molar-refractivity contribution in [3.63, 3.8) is 0 Å². The number of non-ortho nitro benzene ring substituents is 1. The molecular weight excluding hydrogens is 484 g/mol. The van der Waals surface area contributed by atoms with Crippen molar-refractivity contribution in [2.24, 2.45) is 0 Å². The Labute approximate surface area is 209 Å². The van der Waals surface area contributed by atoms with E-state index in [9.17, 15) is 34.1 Å². The Morgan fingerprint density at radius 3 is 2.27 bits per heavy atom. The lowest BCUT2D eigenvalue weighted by Gasteiger charge is -2.14. The summed E-state index contributed by atoms with van der Waals surface area (Å²) in [6.45, 7) is 0.632. The predicted octanol–water partition coefficient (Wildman–Crippen LogP) is 3.01. The fraction of sp³-hybridized carbons (Fsp3) is 0.0800. The average molecular weight is 502 g/mol. The summed E-state index contributed by atoms with van der Waals surface area (Å²) in [7, 11) is 0. The zero-order chi connectivity index (χ0) is 26.7. The molecule has 3 aromatic carbocycles. The highest BCUT2D eigenvalue weighted by Gasteiger charge is 2.37. The Hall–Kier alpha value is -5.39. The van der Waals surface area contributed by atoms with Crippen LogP contribution in [0.3, 0.4) is 0 Å². The third kappa shape index (κ3) is 5.48. The molecule has 0 radical (unpaired) electrons. The molecule has 1 aliphatic heterocycles. The van der Waals surface area contributed by atoms with Gasteiger partial charge < -0.3 is 15.4 Å². The average Bonchev–Trinajstić information content (AvgIpc) is 3.08. The molecule has 0 fully saturated rings. The number of esters is 1. The molecule has 186 valence electrons. The summed E-state index contributed by atoms with van der Waals surface area (Å²) < 4.78 is 4.98. The van der Waals surface area contributed by atoms with Crippen LogP contribution in [0, 0.1) is 10.1 Å². The van der Waals surface area contributed by atoms with Gasteiger partial charge in [-0.25, -0.2) is 0 Å². The molecule has 2 N–H and O–H groups in total. The van der Waals surface area contributed by atoms with Crippen molar-refractivity contribution in [3.8, 4) is 5.75 Å². The zero-order valence-electron chi connectivity index (χ0n) is 19.2. The van der Waals surface area contributed by atoms with Gasteiger partial charge in [0.15, 0.2) is 0 Å². The second-order valence-corrected chi connectivity index (χ2v) is 7.89. The number of hydrogen-bond acceptors (Lipinski definition) is 8. The number of ether oxygens (including phenoxy) is 1. The topological polar surface area (TPSA) is 165 Å². The first-order valence-corrected chi connectivity index (χ1v) is 10.8. The summed E-state index contributed by atoms with van der Waals surface area (Å²) in [5.74, 6) is -3.04. The molecule has 0 aliphatic carbocycles. The van der Waals surface area contributed by atoms with Crippen LogP contribution in [-0.4, -0.2) is 46.0 Å². The van der Waals surface area contributed by atoms with E-state index >= 15 is 0 Å². The van der Waals surface area contributed by atoms with E-state index in [4.69, 9.17) is 4.74 Å². The lowest BCUT2D eigenvalue weighted by atomic mass is 10.1. The number of imide groups is 1. The molecule has 12 heteroatoms. The number of carbonyl (C=O) groups is 5. The minimum absolute atomic E-state index is 0.0223. The van der Waals surface area contributed by atoms with Gasteiger partial charge in [0.1, 0.15) is 12.3 Å². The zero-order valence-corrected chi connectivity index (χ0v) is 19.2. The van der Waals surface area contributed by atoms with Crippen molar-refractivity contribution in [2.75, 3.05) is 17.2 Å². The minimum atomic E-state index is -0.809. The Morgan fingerprint density at radius 1 is 0.892 bits per heavy atom. The van der Waals surface area contributed by atoms with E-state index in [2.05, 4.69) is 10.6 Å². The quantitative estimate of drug-likeness (QED) is 0.164. The predicted molar refractivity (Wildman–Crippen MR) is 129 cm³/mol. The summed E-state index contributed by atoms with van der Waals surface area (Å²) in [6.07, 6.45) is 0. The van der Waals surface area contributed by atoms with Gasteiger partial charge in [0.05, 0.1) is 16.1 Å². The van der Waals surface area contributed by atoms with Gasteiger partial charge >= 0.3 is 5.97 Å². The Balaban J connectivity index is 1.41. The molecule has 0 spiro atoms. The van der Waals surface area contributed by atoms with Crippen LogP contribution < -0.4 is 15.4 Å². The fourth-order valence-corrected chi connectivity index (χ4v) is 3.62. The molecule has 0 saturated heterocycles. The van der Waals surface area contributed by atoms with Crippen LogP contribution >= 0.6 is 0 Å². The number of carbonyl (C=O) groups excluding carboxylic acids is 5. The van der Waals surface area contributed by atoms with Crippen molar-refractivity contribution in [1.29, 1.82) is 0 Å². The third-order valence-corrected chi connectivity index (χ3v) is 5.23. The molecule has 4 amide bonds. The second-order valence-electron chi connectivity index (χ2n) is 7.89. The van der Waals surface area contributed by atoms with Gasteiger partial charge in [-0.1, -0.05) is 12.1 Å². The van der Waals surface area contributed by atoms with Crippen molar-refractivity contribution in [3.05, 3.63) is 93.5 Å². The van der Waals surface area contributed by atoms with Crippen molar-refractivity contribution in [1.82, 2.24) is 4.90 Å². The molecule has 37 heavy (non-hydrogen) atoms. The SMILES string of the molecule is CC(=O)Oc1cccc(C(=O)Nc2cccc(NC(=O)CN3C(=O)c4ccc([N+](=O)[O-])cc4C3=O)c2)c1. The van der Waals surface area contributed by atoms with Crippen molar-refractivity contribution >= 4 is 46.7 Å². The molecule has 1 heterocycles. The number of nitro groups is 1. The van der Waals surface area contributed by atoms with Crippen LogP contribution in [0.4, 0.5) is 17.1 Å². The first-order valence-electron chi connectivity index (χ1n) is 10.8. The largest absolute Gasteiger partial charge is 0.427 e. The molecule has 0 atom stereocenters. The second kappa shape index (κ2) is 10.1. The lowest BCUT2D eigenvalue weighted by Crippen LogP contribution is -2.37. The molecule has 12 nitrogen and oxygen atoms in total. The molecular formula is C25H18N4O8. The van der Waals surface area contributed by atoms with Gasteiger partial charge in [-0.05, 0) is 42.5 Å². The molecule has 0 saturated carbocycles. The molecule has 3 aromatic rings.